The highest BCUT2D eigenvalue weighted by molar-refractivity contribution is 5.89. The molecule has 2 aromatic heterocycles. The molecule has 0 spiro atoms. The quantitative estimate of drug-likeness (QED) is 0.804. The smallest absolute Gasteiger partial charge is 0.227 e. The van der Waals surface area contributed by atoms with E-state index < -0.39 is 0 Å². The summed E-state index contributed by atoms with van der Waals surface area (Å²) < 4.78 is 2.11. The summed E-state index contributed by atoms with van der Waals surface area (Å²) >= 11 is 0. The standard InChI is InChI=1S/C20H25N5O2/c26-19-10-18(14-25(19)13-17-2-1-5-21-11-17)20(27)24-7-3-16(4-8-24)12-23-9-6-22-15-23/h1-2,5-6,9,11,15-16,18H,3-4,7-8,10,12-14H2/t18-/m1/s1. The Bertz CT molecular complexity index is 769. The van der Waals surface area contributed by atoms with Gasteiger partial charge in [0.15, 0.2) is 0 Å². The third kappa shape index (κ3) is 4.18. The summed E-state index contributed by atoms with van der Waals surface area (Å²) in [5.41, 5.74) is 0.999. The van der Waals surface area contributed by atoms with Crippen LogP contribution in [0.1, 0.15) is 24.8 Å². The predicted molar refractivity (Wildman–Crippen MR) is 99.3 cm³/mol. The van der Waals surface area contributed by atoms with E-state index in [9.17, 15) is 9.59 Å². The molecule has 2 aliphatic heterocycles. The molecule has 0 unspecified atom stereocenters. The van der Waals surface area contributed by atoms with Crippen LogP contribution in [-0.2, 0) is 22.7 Å². The van der Waals surface area contributed by atoms with E-state index in [0.717, 1.165) is 38.0 Å². The van der Waals surface area contributed by atoms with Gasteiger partial charge in [-0.3, -0.25) is 14.6 Å². The van der Waals surface area contributed by atoms with Gasteiger partial charge in [0.05, 0.1) is 12.2 Å². The van der Waals surface area contributed by atoms with Gasteiger partial charge < -0.3 is 14.4 Å². The van der Waals surface area contributed by atoms with Gasteiger partial charge in [0.2, 0.25) is 11.8 Å². The van der Waals surface area contributed by atoms with Crippen LogP contribution in [0.5, 0.6) is 0 Å². The molecule has 27 heavy (non-hydrogen) atoms. The first-order valence-electron chi connectivity index (χ1n) is 9.60. The van der Waals surface area contributed by atoms with E-state index in [1.54, 1.807) is 23.5 Å². The van der Waals surface area contributed by atoms with Gasteiger partial charge >= 0.3 is 0 Å². The van der Waals surface area contributed by atoms with Crippen molar-refractivity contribution in [1.82, 2.24) is 24.3 Å². The van der Waals surface area contributed by atoms with Gasteiger partial charge in [0.25, 0.3) is 0 Å². The van der Waals surface area contributed by atoms with Crippen molar-refractivity contribution in [3.8, 4) is 0 Å². The van der Waals surface area contributed by atoms with Crippen LogP contribution in [0, 0.1) is 11.8 Å². The van der Waals surface area contributed by atoms with Crippen molar-refractivity contribution in [3.05, 3.63) is 48.8 Å². The molecule has 0 saturated carbocycles. The fourth-order valence-corrected chi connectivity index (χ4v) is 4.09. The van der Waals surface area contributed by atoms with E-state index in [1.165, 1.54) is 0 Å². The summed E-state index contributed by atoms with van der Waals surface area (Å²) in [5, 5.41) is 0. The largest absolute Gasteiger partial charge is 0.342 e. The van der Waals surface area contributed by atoms with Gasteiger partial charge in [0.1, 0.15) is 0 Å². The molecule has 2 aromatic rings. The van der Waals surface area contributed by atoms with Gasteiger partial charge in [-0.1, -0.05) is 6.07 Å². The number of nitrogens with zero attached hydrogens (tertiary/aromatic N) is 5. The third-order valence-electron chi connectivity index (χ3n) is 5.61. The number of piperidine rings is 1. The minimum atomic E-state index is -0.209. The Balaban J connectivity index is 1.28. The molecule has 7 heteroatoms. The number of pyridine rings is 1. The van der Waals surface area contributed by atoms with Crippen LogP contribution in [0.15, 0.2) is 43.2 Å². The fraction of sp³-hybridized carbons (Fsp3) is 0.500. The number of likely N-dealkylation sites (tertiary alicyclic amines) is 2. The Morgan fingerprint density at radius 3 is 2.74 bits per heavy atom. The number of carbonyl (C=O) groups excluding carboxylic acids is 2. The molecule has 0 N–H and O–H groups in total. The number of hydrogen-bond acceptors (Lipinski definition) is 4. The number of hydrogen-bond donors (Lipinski definition) is 0. The molecule has 2 saturated heterocycles. The molecule has 1 atom stereocenters. The lowest BCUT2D eigenvalue weighted by Crippen LogP contribution is -2.43. The Labute approximate surface area is 159 Å². The second-order valence-electron chi connectivity index (χ2n) is 7.56. The number of carbonyl (C=O) groups is 2. The number of aromatic nitrogens is 3. The van der Waals surface area contributed by atoms with Crippen LogP contribution >= 0.6 is 0 Å². The Morgan fingerprint density at radius 1 is 1.19 bits per heavy atom. The van der Waals surface area contributed by atoms with E-state index in [0.29, 0.717) is 25.4 Å². The molecule has 142 valence electrons. The summed E-state index contributed by atoms with van der Waals surface area (Å²) in [7, 11) is 0. The summed E-state index contributed by atoms with van der Waals surface area (Å²) in [6.45, 7) is 3.57. The van der Waals surface area contributed by atoms with Gasteiger partial charge in [-0.2, -0.15) is 0 Å². The number of rotatable bonds is 5. The highest BCUT2D eigenvalue weighted by atomic mass is 16.2. The topological polar surface area (TPSA) is 71.3 Å². The summed E-state index contributed by atoms with van der Waals surface area (Å²) in [6, 6.07) is 3.83. The molecule has 7 nitrogen and oxygen atoms in total. The number of imidazole rings is 1. The van der Waals surface area contributed by atoms with Crippen LogP contribution in [0.2, 0.25) is 0 Å². The highest BCUT2D eigenvalue weighted by Gasteiger charge is 2.37. The lowest BCUT2D eigenvalue weighted by atomic mass is 9.95. The molecule has 2 amide bonds. The van der Waals surface area contributed by atoms with E-state index in [2.05, 4.69) is 14.5 Å². The summed E-state index contributed by atoms with van der Waals surface area (Å²) in [4.78, 5) is 37.1. The summed E-state index contributed by atoms with van der Waals surface area (Å²) in [5.74, 6) is 0.570. The van der Waals surface area contributed by atoms with Crippen LogP contribution in [-0.4, -0.2) is 55.8 Å². The molecule has 2 aliphatic rings. The third-order valence-corrected chi connectivity index (χ3v) is 5.61. The van der Waals surface area contributed by atoms with Crippen molar-refractivity contribution >= 4 is 11.8 Å². The van der Waals surface area contributed by atoms with E-state index in [-0.39, 0.29) is 17.7 Å². The van der Waals surface area contributed by atoms with Crippen LogP contribution in [0.4, 0.5) is 0 Å². The molecule has 4 rings (SSSR count). The van der Waals surface area contributed by atoms with Gasteiger partial charge in [-0.15, -0.1) is 0 Å². The SMILES string of the molecule is O=C1C[C@@H](C(=O)N2CCC(Cn3ccnc3)CC2)CN1Cc1cccnc1. The minimum Gasteiger partial charge on any atom is -0.342 e. The summed E-state index contributed by atoms with van der Waals surface area (Å²) in [6.07, 6.45) is 11.5. The van der Waals surface area contributed by atoms with Gasteiger partial charge in [0, 0.05) is 63.9 Å². The Morgan fingerprint density at radius 2 is 2.04 bits per heavy atom. The Kier molecular flexibility index (Phi) is 5.18. The fourth-order valence-electron chi connectivity index (χ4n) is 4.09. The van der Waals surface area contributed by atoms with E-state index in [4.69, 9.17) is 0 Å². The van der Waals surface area contributed by atoms with Crippen molar-refractivity contribution < 1.29 is 9.59 Å². The lowest BCUT2D eigenvalue weighted by Gasteiger charge is -2.33. The van der Waals surface area contributed by atoms with E-state index in [1.807, 2.05) is 29.6 Å². The van der Waals surface area contributed by atoms with Crippen molar-refractivity contribution in [2.45, 2.75) is 32.4 Å². The van der Waals surface area contributed by atoms with Gasteiger partial charge in [-0.05, 0) is 30.4 Å². The first kappa shape index (κ1) is 17.7. The monoisotopic (exact) mass is 367 g/mol. The molecule has 0 aromatic carbocycles. The van der Waals surface area contributed by atoms with Gasteiger partial charge in [-0.25, -0.2) is 4.98 Å². The van der Waals surface area contributed by atoms with Crippen molar-refractivity contribution in [2.75, 3.05) is 19.6 Å². The maximum atomic E-state index is 12.9. The average Bonchev–Trinajstić information content (AvgIpc) is 3.33. The van der Waals surface area contributed by atoms with Crippen LogP contribution in [0.3, 0.4) is 0 Å². The molecule has 0 bridgehead atoms. The molecule has 4 heterocycles. The minimum absolute atomic E-state index is 0.0622. The second kappa shape index (κ2) is 7.90. The Hall–Kier alpha value is -2.70. The number of amides is 2. The maximum Gasteiger partial charge on any atom is 0.227 e. The zero-order valence-electron chi connectivity index (χ0n) is 15.4. The predicted octanol–water partition coefficient (Wildman–Crippen LogP) is 1.57. The molecule has 0 radical (unpaired) electrons. The van der Waals surface area contributed by atoms with E-state index >= 15 is 0 Å². The zero-order valence-corrected chi connectivity index (χ0v) is 15.4. The van der Waals surface area contributed by atoms with Crippen molar-refractivity contribution in [3.63, 3.8) is 0 Å². The maximum absolute atomic E-state index is 12.9. The first-order chi connectivity index (χ1) is 13.2. The molecular weight excluding hydrogens is 342 g/mol. The first-order valence-corrected chi connectivity index (χ1v) is 9.60. The normalized spacial score (nSPS) is 21.0. The average molecular weight is 367 g/mol. The second-order valence-corrected chi connectivity index (χ2v) is 7.56. The lowest BCUT2D eigenvalue weighted by molar-refractivity contribution is -0.137. The zero-order chi connectivity index (χ0) is 18.6. The molecule has 0 aliphatic carbocycles. The van der Waals surface area contributed by atoms with Crippen molar-refractivity contribution in [1.29, 1.82) is 0 Å². The molecule has 2 fully saturated rings. The highest BCUT2D eigenvalue weighted by Crippen LogP contribution is 2.25. The van der Waals surface area contributed by atoms with Crippen LogP contribution < -0.4 is 0 Å². The van der Waals surface area contributed by atoms with Crippen LogP contribution in [0.25, 0.3) is 0 Å². The van der Waals surface area contributed by atoms with Crippen molar-refractivity contribution in [2.24, 2.45) is 11.8 Å². The molecular formula is C20H25N5O2.